The quantitative estimate of drug-likeness (QED) is 0.901. The zero-order chi connectivity index (χ0) is 13.8. The van der Waals surface area contributed by atoms with E-state index in [1.165, 1.54) is 11.6 Å². The Morgan fingerprint density at radius 1 is 1.05 bits per heavy atom. The first-order valence-corrected chi connectivity index (χ1v) is 6.78. The topological polar surface area (TPSA) is 46.2 Å². The molecular formula is C15H15Cl2NO. The Kier molecular flexibility index (Phi) is 4.70. The van der Waals surface area contributed by atoms with Crippen molar-refractivity contribution >= 4 is 23.2 Å². The minimum atomic E-state index is -0.0946. The Morgan fingerprint density at radius 2 is 1.74 bits per heavy atom. The molecule has 0 saturated carbocycles. The molecular weight excluding hydrogens is 281 g/mol. The number of aromatic hydroxyl groups is 1. The summed E-state index contributed by atoms with van der Waals surface area (Å²) in [6, 6.07) is 13.1. The summed E-state index contributed by atoms with van der Waals surface area (Å²) in [5.41, 5.74) is 7.96. The van der Waals surface area contributed by atoms with Crippen molar-refractivity contribution in [1.29, 1.82) is 0 Å². The maximum absolute atomic E-state index is 9.89. The van der Waals surface area contributed by atoms with E-state index in [9.17, 15) is 5.11 Å². The molecule has 4 heteroatoms. The fraction of sp³-hybridized carbons (Fsp3) is 0.200. The third-order valence-corrected chi connectivity index (χ3v) is 3.44. The Morgan fingerprint density at radius 3 is 2.42 bits per heavy atom. The van der Waals surface area contributed by atoms with Crippen LogP contribution >= 0.6 is 23.2 Å². The van der Waals surface area contributed by atoms with Gasteiger partial charge in [-0.2, -0.15) is 0 Å². The number of benzene rings is 2. The molecule has 0 spiro atoms. The van der Waals surface area contributed by atoms with Crippen LogP contribution in [0.15, 0.2) is 42.5 Å². The summed E-state index contributed by atoms with van der Waals surface area (Å²) in [5, 5.41) is 10.7. The number of hydrogen-bond donors (Lipinski definition) is 2. The first-order chi connectivity index (χ1) is 9.06. The number of phenolic OH excluding ortho intramolecular Hbond substituents is 1. The van der Waals surface area contributed by atoms with Crippen molar-refractivity contribution in [2.75, 3.05) is 0 Å². The monoisotopic (exact) mass is 295 g/mol. The second-order valence-electron chi connectivity index (χ2n) is 4.55. The molecule has 0 aromatic heterocycles. The zero-order valence-electron chi connectivity index (χ0n) is 10.3. The highest BCUT2D eigenvalue weighted by molar-refractivity contribution is 6.35. The molecule has 0 aliphatic heterocycles. The fourth-order valence-electron chi connectivity index (χ4n) is 2.05. The van der Waals surface area contributed by atoms with Gasteiger partial charge >= 0.3 is 0 Å². The van der Waals surface area contributed by atoms with E-state index in [1.807, 2.05) is 30.3 Å². The maximum atomic E-state index is 9.89. The predicted octanol–water partition coefficient (Wildman–Crippen LogP) is 3.81. The van der Waals surface area contributed by atoms with Crippen LogP contribution in [0.3, 0.4) is 0 Å². The summed E-state index contributed by atoms with van der Waals surface area (Å²) in [6.45, 7) is 0. The van der Waals surface area contributed by atoms with E-state index in [1.54, 1.807) is 6.07 Å². The van der Waals surface area contributed by atoms with Gasteiger partial charge in [-0.05, 0) is 36.1 Å². The summed E-state index contributed by atoms with van der Waals surface area (Å²) >= 11 is 11.8. The largest absolute Gasteiger partial charge is 0.506 e. The zero-order valence-corrected chi connectivity index (χ0v) is 11.8. The molecule has 2 aromatic carbocycles. The van der Waals surface area contributed by atoms with Crippen molar-refractivity contribution < 1.29 is 5.11 Å². The van der Waals surface area contributed by atoms with Gasteiger partial charge in [0, 0.05) is 11.1 Å². The average molecular weight is 296 g/mol. The van der Waals surface area contributed by atoms with Gasteiger partial charge in [0.25, 0.3) is 0 Å². The second-order valence-corrected chi connectivity index (χ2v) is 5.39. The molecule has 0 fully saturated rings. The molecule has 0 heterocycles. The molecule has 0 saturated heterocycles. The highest BCUT2D eigenvalue weighted by atomic mass is 35.5. The van der Waals surface area contributed by atoms with Crippen molar-refractivity contribution in [2.45, 2.75) is 18.9 Å². The van der Waals surface area contributed by atoms with Crippen LogP contribution in [0.25, 0.3) is 0 Å². The minimum Gasteiger partial charge on any atom is -0.506 e. The van der Waals surface area contributed by atoms with Gasteiger partial charge < -0.3 is 10.8 Å². The molecule has 0 radical (unpaired) electrons. The Balaban J connectivity index is 2.09. The lowest BCUT2D eigenvalue weighted by Gasteiger charge is -2.14. The van der Waals surface area contributed by atoms with Gasteiger partial charge in [0.05, 0.1) is 5.02 Å². The van der Waals surface area contributed by atoms with Crippen LogP contribution in [0.4, 0.5) is 0 Å². The molecule has 100 valence electrons. The van der Waals surface area contributed by atoms with E-state index in [4.69, 9.17) is 28.9 Å². The second kappa shape index (κ2) is 6.29. The molecule has 2 aromatic rings. The standard InChI is InChI=1S/C15H15Cl2NO/c16-12-7-11(15(19)14(17)9-12)8-13(18)6-10-4-2-1-3-5-10/h1-5,7,9,13,19H,6,8,18H2. The molecule has 1 unspecified atom stereocenters. The van der Waals surface area contributed by atoms with Crippen LogP contribution in [0, 0.1) is 0 Å². The molecule has 0 bridgehead atoms. The van der Waals surface area contributed by atoms with Gasteiger partial charge in [-0.3, -0.25) is 0 Å². The van der Waals surface area contributed by atoms with Crippen LogP contribution in [-0.2, 0) is 12.8 Å². The van der Waals surface area contributed by atoms with Crippen molar-refractivity contribution in [1.82, 2.24) is 0 Å². The lowest BCUT2D eigenvalue weighted by atomic mass is 9.99. The Bertz CT molecular complexity index is 558. The number of phenols is 1. The smallest absolute Gasteiger partial charge is 0.137 e. The molecule has 0 amide bonds. The molecule has 2 rings (SSSR count). The third-order valence-electron chi connectivity index (χ3n) is 2.93. The minimum absolute atomic E-state index is 0.0644. The molecule has 0 aliphatic rings. The molecule has 2 nitrogen and oxygen atoms in total. The van der Waals surface area contributed by atoms with Gasteiger partial charge in [-0.15, -0.1) is 0 Å². The van der Waals surface area contributed by atoms with Crippen molar-refractivity contribution in [2.24, 2.45) is 5.73 Å². The number of rotatable bonds is 4. The fourth-order valence-corrected chi connectivity index (χ4v) is 2.58. The number of halogens is 2. The van der Waals surface area contributed by atoms with Gasteiger partial charge in [-0.1, -0.05) is 53.5 Å². The van der Waals surface area contributed by atoms with Gasteiger partial charge in [0.2, 0.25) is 0 Å². The van der Waals surface area contributed by atoms with Gasteiger partial charge in [-0.25, -0.2) is 0 Å². The normalized spacial score (nSPS) is 12.4. The number of nitrogens with two attached hydrogens (primary N) is 1. The van der Waals surface area contributed by atoms with E-state index in [2.05, 4.69) is 0 Å². The summed E-state index contributed by atoms with van der Waals surface area (Å²) in [5.74, 6) is 0.0644. The van der Waals surface area contributed by atoms with Crippen LogP contribution in [0.1, 0.15) is 11.1 Å². The average Bonchev–Trinajstić information content (AvgIpc) is 2.36. The molecule has 1 atom stereocenters. The van der Waals surface area contributed by atoms with E-state index >= 15 is 0 Å². The number of hydrogen-bond acceptors (Lipinski definition) is 2. The molecule has 3 N–H and O–H groups in total. The first-order valence-electron chi connectivity index (χ1n) is 6.02. The maximum Gasteiger partial charge on any atom is 0.137 e. The van der Waals surface area contributed by atoms with E-state index < -0.39 is 0 Å². The van der Waals surface area contributed by atoms with Gasteiger partial charge in [0.1, 0.15) is 5.75 Å². The molecule has 0 aliphatic carbocycles. The van der Waals surface area contributed by atoms with E-state index in [-0.39, 0.29) is 16.8 Å². The lowest BCUT2D eigenvalue weighted by Crippen LogP contribution is -2.25. The van der Waals surface area contributed by atoms with E-state index in [0.717, 1.165) is 6.42 Å². The summed E-state index contributed by atoms with van der Waals surface area (Å²) in [6.07, 6.45) is 1.27. The first kappa shape index (κ1) is 14.2. The van der Waals surface area contributed by atoms with Gasteiger partial charge in [0.15, 0.2) is 0 Å². The Hall–Kier alpha value is -1.22. The van der Waals surface area contributed by atoms with Crippen molar-refractivity contribution in [3.8, 4) is 5.75 Å². The van der Waals surface area contributed by atoms with E-state index in [0.29, 0.717) is 17.0 Å². The predicted molar refractivity (Wildman–Crippen MR) is 80.0 cm³/mol. The van der Waals surface area contributed by atoms with Crippen LogP contribution in [0.2, 0.25) is 10.0 Å². The van der Waals surface area contributed by atoms with Crippen molar-refractivity contribution in [3.05, 3.63) is 63.6 Å². The van der Waals surface area contributed by atoms with Crippen molar-refractivity contribution in [3.63, 3.8) is 0 Å². The Labute approximate surface area is 122 Å². The molecule has 19 heavy (non-hydrogen) atoms. The highest BCUT2D eigenvalue weighted by Gasteiger charge is 2.12. The summed E-state index contributed by atoms with van der Waals surface area (Å²) in [7, 11) is 0. The SMILES string of the molecule is NC(Cc1ccccc1)Cc1cc(Cl)cc(Cl)c1O. The summed E-state index contributed by atoms with van der Waals surface area (Å²) in [4.78, 5) is 0. The van der Waals surface area contributed by atoms with Crippen LogP contribution in [-0.4, -0.2) is 11.1 Å². The highest BCUT2D eigenvalue weighted by Crippen LogP contribution is 2.31. The van der Waals surface area contributed by atoms with Crippen LogP contribution < -0.4 is 5.73 Å². The lowest BCUT2D eigenvalue weighted by molar-refractivity contribution is 0.464. The van der Waals surface area contributed by atoms with Crippen LogP contribution in [0.5, 0.6) is 5.75 Å². The summed E-state index contributed by atoms with van der Waals surface area (Å²) < 4.78 is 0. The third kappa shape index (κ3) is 3.87.